The normalized spacial score (nSPS) is 24.6. The smallest absolute Gasteiger partial charge is 0.438 e. The van der Waals surface area contributed by atoms with E-state index in [1.807, 2.05) is 0 Å². The summed E-state index contributed by atoms with van der Waals surface area (Å²) in [5.74, 6) is 0.234. The molecule has 0 spiro atoms. The fraction of sp³-hybridized carbons (Fsp3) is 0.600. The highest BCUT2D eigenvalue weighted by atomic mass is 16.7. The monoisotopic (exact) mass is 198 g/mol. The van der Waals surface area contributed by atoms with Crippen molar-refractivity contribution in [3.8, 4) is 0 Å². The Hall–Kier alpha value is -1.32. The van der Waals surface area contributed by atoms with Gasteiger partial charge in [0.2, 0.25) is 0 Å². The van der Waals surface area contributed by atoms with Crippen molar-refractivity contribution in [1.29, 1.82) is 0 Å². The number of rotatable bonds is 1. The first kappa shape index (κ1) is 10.8. The maximum atomic E-state index is 11.0. The molecule has 0 saturated heterocycles. The van der Waals surface area contributed by atoms with Gasteiger partial charge in [-0.2, -0.15) is 0 Å². The molecule has 0 heterocycles. The van der Waals surface area contributed by atoms with Gasteiger partial charge < -0.3 is 9.47 Å². The van der Waals surface area contributed by atoms with Crippen LogP contribution in [0.5, 0.6) is 0 Å². The predicted octanol–water partition coefficient (Wildman–Crippen LogP) is 1.84. The van der Waals surface area contributed by atoms with Crippen molar-refractivity contribution in [2.45, 2.75) is 31.8 Å². The quantitative estimate of drug-likeness (QED) is 0.476. The zero-order valence-electron chi connectivity index (χ0n) is 8.19. The Bertz CT molecular complexity index is 245. The summed E-state index contributed by atoms with van der Waals surface area (Å²) >= 11 is 0. The Kier molecular flexibility index (Phi) is 4.16. The number of Topliss-reactive ketones (excluding diaryl/α,β-unsaturated/α-hetero) is 1. The molecule has 0 aromatic carbocycles. The van der Waals surface area contributed by atoms with Gasteiger partial charge in [-0.05, 0) is 18.9 Å². The molecule has 0 saturated carbocycles. The molecule has 0 fully saturated rings. The summed E-state index contributed by atoms with van der Waals surface area (Å²) in [5.41, 5.74) is 0. The van der Waals surface area contributed by atoms with Gasteiger partial charge in [0.15, 0.2) is 0 Å². The van der Waals surface area contributed by atoms with Gasteiger partial charge >= 0.3 is 6.16 Å². The lowest BCUT2D eigenvalue weighted by atomic mass is 10.0. The topological polar surface area (TPSA) is 52.6 Å². The lowest BCUT2D eigenvalue weighted by Crippen LogP contribution is -2.17. The van der Waals surface area contributed by atoms with Crippen molar-refractivity contribution >= 4 is 11.9 Å². The van der Waals surface area contributed by atoms with E-state index in [1.165, 1.54) is 7.11 Å². The van der Waals surface area contributed by atoms with Crippen LogP contribution in [0.4, 0.5) is 4.79 Å². The Morgan fingerprint density at radius 1 is 1.57 bits per heavy atom. The molecule has 0 aromatic heterocycles. The van der Waals surface area contributed by atoms with Crippen LogP contribution in [-0.2, 0) is 14.3 Å². The summed E-state index contributed by atoms with van der Waals surface area (Å²) < 4.78 is 9.34. The number of methoxy groups -OCH3 is 1. The lowest BCUT2D eigenvalue weighted by molar-refractivity contribution is -0.118. The Labute approximate surface area is 82.9 Å². The maximum absolute atomic E-state index is 11.0. The SMILES string of the molecule is COC(=O)OC1/C=C/CC(=O)CCC1. The molecule has 0 radical (unpaired) electrons. The van der Waals surface area contributed by atoms with Crippen LogP contribution in [0.25, 0.3) is 0 Å². The van der Waals surface area contributed by atoms with E-state index in [9.17, 15) is 9.59 Å². The van der Waals surface area contributed by atoms with E-state index in [2.05, 4.69) is 4.74 Å². The standard InChI is InChI=1S/C10H14O4/c1-13-10(12)14-9-6-2-4-8(11)5-3-7-9/h2,6,9H,3-5,7H2,1H3/b6-2+. The molecule has 0 aliphatic heterocycles. The summed E-state index contributed by atoms with van der Waals surface area (Å²) in [6.45, 7) is 0. The molecule has 1 rings (SSSR count). The van der Waals surface area contributed by atoms with Gasteiger partial charge in [-0.25, -0.2) is 4.79 Å². The average molecular weight is 198 g/mol. The van der Waals surface area contributed by atoms with Gasteiger partial charge in [-0.15, -0.1) is 0 Å². The van der Waals surface area contributed by atoms with E-state index in [0.29, 0.717) is 19.3 Å². The van der Waals surface area contributed by atoms with Gasteiger partial charge in [0.1, 0.15) is 11.9 Å². The number of hydrogen-bond acceptors (Lipinski definition) is 4. The highest BCUT2D eigenvalue weighted by Gasteiger charge is 2.14. The number of hydrogen-bond donors (Lipinski definition) is 0. The lowest BCUT2D eigenvalue weighted by Gasteiger charge is -2.14. The predicted molar refractivity (Wildman–Crippen MR) is 49.9 cm³/mol. The van der Waals surface area contributed by atoms with Gasteiger partial charge in [-0.1, -0.05) is 6.08 Å². The van der Waals surface area contributed by atoms with Crippen LogP contribution < -0.4 is 0 Å². The third kappa shape index (κ3) is 3.60. The summed E-state index contributed by atoms with van der Waals surface area (Å²) in [4.78, 5) is 21.8. The Morgan fingerprint density at radius 3 is 3.07 bits per heavy atom. The highest BCUT2D eigenvalue weighted by molar-refractivity contribution is 5.79. The Balaban J connectivity index is 2.45. The first-order valence-electron chi connectivity index (χ1n) is 4.65. The van der Waals surface area contributed by atoms with Crippen LogP contribution in [0.1, 0.15) is 25.7 Å². The minimum Gasteiger partial charge on any atom is -0.438 e. The minimum atomic E-state index is -0.674. The molecular weight excluding hydrogens is 184 g/mol. The number of ketones is 1. The third-order valence-corrected chi connectivity index (χ3v) is 2.05. The second-order valence-corrected chi connectivity index (χ2v) is 3.17. The van der Waals surface area contributed by atoms with E-state index in [0.717, 1.165) is 6.42 Å². The van der Waals surface area contributed by atoms with Crippen molar-refractivity contribution in [2.24, 2.45) is 0 Å². The van der Waals surface area contributed by atoms with Crippen molar-refractivity contribution in [3.05, 3.63) is 12.2 Å². The first-order valence-corrected chi connectivity index (χ1v) is 4.65. The summed E-state index contributed by atoms with van der Waals surface area (Å²) in [6, 6.07) is 0. The third-order valence-electron chi connectivity index (χ3n) is 2.05. The molecule has 1 aliphatic carbocycles. The fourth-order valence-electron chi connectivity index (χ4n) is 1.32. The van der Waals surface area contributed by atoms with E-state index < -0.39 is 6.16 Å². The van der Waals surface area contributed by atoms with Crippen LogP contribution >= 0.6 is 0 Å². The minimum absolute atomic E-state index is 0.234. The molecule has 0 N–H and O–H groups in total. The summed E-state index contributed by atoms with van der Waals surface area (Å²) in [5, 5.41) is 0. The number of allylic oxidation sites excluding steroid dienone is 1. The first-order chi connectivity index (χ1) is 6.72. The summed E-state index contributed by atoms with van der Waals surface area (Å²) in [7, 11) is 1.28. The Morgan fingerprint density at radius 2 is 2.36 bits per heavy atom. The van der Waals surface area contributed by atoms with Crippen LogP contribution in [-0.4, -0.2) is 25.2 Å². The fourth-order valence-corrected chi connectivity index (χ4v) is 1.32. The van der Waals surface area contributed by atoms with Crippen molar-refractivity contribution in [1.82, 2.24) is 0 Å². The van der Waals surface area contributed by atoms with E-state index in [-0.39, 0.29) is 11.9 Å². The second kappa shape index (κ2) is 5.42. The van der Waals surface area contributed by atoms with Crippen LogP contribution in [0.3, 0.4) is 0 Å². The van der Waals surface area contributed by atoms with Crippen molar-refractivity contribution in [3.63, 3.8) is 0 Å². The van der Waals surface area contributed by atoms with Crippen molar-refractivity contribution < 1.29 is 19.1 Å². The van der Waals surface area contributed by atoms with Gasteiger partial charge in [0.05, 0.1) is 7.11 Å². The second-order valence-electron chi connectivity index (χ2n) is 3.17. The molecule has 4 heteroatoms. The zero-order valence-corrected chi connectivity index (χ0v) is 8.19. The number of carbonyl (C=O) groups is 2. The summed E-state index contributed by atoms with van der Waals surface area (Å²) in [6.07, 6.45) is 4.99. The highest BCUT2D eigenvalue weighted by Crippen LogP contribution is 2.12. The van der Waals surface area contributed by atoms with E-state index in [1.54, 1.807) is 12.2 Å². The van der Waals surface area contributed by atoms with Crippen LogP contribution in [0, 0.1) is 0 Å². The molecule has 78 valence electrons. The number of carbonyl (C=O) groups excluding carboxylic acids is 2. The maximum Gasteiger partial charge on any atom is 0.508 e. The molecule has 1 atom stereocenters. The van der Waals surface area contributed by atoms with E-state index in [4.69, 9.17) is 4.74 Å². The molecule has 0 bridgehead atoms. The van der Waals surface area contributed by atoms with Crippen molar-refractivity contribution in [2.75, 3.05) is 7.11 Å². The van der Waals surface area contributed by atoms with Crippen LogP contribution in [0.2, 0.25) is 0 Å². The average Bonchev–Trinajstić information content (AvgIpc) is 2.14. The molecule has 1 aliphatic rings. The number of ether oxygens (including phenoxy) is 2. The molecule has 1 unspecified atom stereocenters. The van der Waals surface area contributed by atoms with Gasteiger partial charge in [0.25, 0.3) is 0 Å². The molecule has 14 heavy (non-hydrogen) atoms. The van der Waals surface area contributed by atoms with Gasteiger partial charge in [0, 0.05) is 12.8 Å². The molecule has 0 amide bonds. The van der Waals surface area contributed by atoms with Crippen LogP contribution in [0.15, 0.2) is 12.2 Å². The molecule has 0 aromatic rings. The molecule has 4 nitrogen and oxygen atoms in total. The zero-order chi connectivity index (χ0) is 10.4. The van der Waals surface area contributed by atoms with Gasteiger partial charge in [-0.3, -0.25) is 4.79 Å². The molecular formula is C10H14O4. The largest absolute Gasteiger partial charge is 0.508 e. The van der Waals surface area contributed by atoms with E-state index >= 15 is 0 Å².